The summed E-state index contributed by atoms with van der Waals surface area (Å²) in [4.78, 5) is 25.8. The van der Waals surface area contributed by atoms with E-state index in [1.165, 1.54) is 24.3 Å². The molecule has 2 aromatic rings. The van der Waals surface area contributed by atoms with Crippen molar-refractivity contribution in [3.63, 3.8) is 0 Å². The third kappa shape index (κ3) is 3.90. The molecule has 1 aromatic carbocycles. The number of nitrogens with zero attached hydrogens (tertiary/aromatic N) is 2. The molecule has 0 aliphatic rings. The molecule has 0 unspecified atom stereocenters. The Hall–Kier alpha value is -2.67. The van der Waals surface area contributed by atoms with E-state index in [4.69, 9.17) is 16.7 Å². The summed E-state index contributed by atoms with van der Waals surface area (Å²) in [6.07, 6.45) is -0.00831. The van der Waals surface area contributed by atoms with E-state index in [2.05, 4.69) is 10.3 Å². The van der Waals surface area contributed by atoms with Crippen molar-refractivity contribution in [2.45, 2.75) is 6.42 Å². The number of anilines is 1. The van der Waals surface area contributed by atoms with Crippen molar-refractivity contribution in [2.75, 3.05) is 5.32 Å². The van der Waals surface area contributed by atoms with Crippen LogP contribution in [0, 0.1) is 10.1 Å². The number of hydrogen-bond acceptors (Lipinski definition) is 5. The van der Waals surface area contributed by atoms with Crippen LogP contribution in [-0.4, -0.2) is 20.9 Å². The van der Waals surface area contributed by atoms with Gasteiger partial charge in [0.15, 0.2) is 0 Å². The number of rotatable bonds is 4. The third-order valence-corrected chi connectivity index (χ3v) is 2.81. The van der Waals surface area contributed by atoms with Crippen molar-refractivity contribution in [3.05, 3.63) is 57.2 Å². The summed E-state index contributed by atoms with van der Waals surface area (Å²) in [7, 11) is 0. The summed E-state index contributed by atoms with van der Waals surface area (Å²) in [5, 5.41) is 22.4. The number of amides is 1. The minimum absolute atomic E-state index is 0.00831. The van der Waals surface area contributed by atoms with Crippen LogP contribution in [0.5, 0.6) is 5.75 Å². The van der Waals surface area contributed by atoms with Gasteiger partial charge >= 0.3 is 5.69 Å². The van der Waals surface area contributed by atoms with Gasteiger partial charge < -0.3 is 10.4 Å². The fourth-order valence-corrected chi connectivity index (χ4v) is 1.79. The lowest BCUT2D eigenvalue weighted by Crippen LogP contribution is -2.16. The summed E-state index contributed by atoms with van der Waals surface area (Å²) < 4.78 is 0. The number of nitrogens with one attached hydrogen (secondary N) is 1. The maximum atomic E-state index is 11.9. The Morgan fingerprint density at radius 2 is 1.95 bits per heavy atom. The van der Waals surface area contributed by atoms with Crippen LogP contribution >= 0.6 is 11.6 Å². The molecule has 0 saturated heterocycles. The van der Waals surface area contributed by atoms with Crippen molar-refractivity contribution < 1.29 is 14.8 Å². The molecule has 0 saturated carbocycles. The normalized spacial score (nSPS) is 10.1. The zero-order chi connectivity index (χ0) is 15.4. The van der Waals surface area contributed by atoms with Crippen molar-refractivity contribution >= 4 is 29.0 Å². The van der Waals surface area contributed by atoms with Gasteiger partial charge in [0.1, 0.15) is 10.9 Å². The molecule has 0 aliphatic heterocycles. The Labute approximate surface area is 124 Å². The number of phenols is 1. The lowest BCUT2D eigenvalue weighted by Gasteiger charge is -2.05. The Kier molecular flexibility index (Phi) is 4.34. The molecule has 2 rings (SSSR count). The van der Waals surface area contributed by atoms with Crippen LogP contribution in [0.2, 0.25) is 5.15 Å². The maximum Gasteiger partial charge on any atom is 0.311 e. The zero-order valence-corrected chi connectivity index (χ0v) is 11.4. The lowest BCUT2D eigenvalue weighted by molar-refractivity contribution is -0.384. The number of aromatic hydroxyl groups is 1. The lowest BCUT2D eigenvalue weighted by atomic mass is 10.1. The van der Waals surface area contributed by atoms with Gasteiger partial charge in [0.05, 0.1) is 11.3 Å². The van der Waals surface area contributed by atoms with Crippen molar-refractivity contribution in [1.82, 2.24) is 4.98 Å². The molecule has 0 fully saturated rings. The Balaban J connectivity index is 2.14. The highest BCUT2D eigenvalue weighted by Gasteiger charge is 2.18. The highest BCUT2D eigenvalue weighted by molar-refractivity contribution is 6.29. The number of carbonyl (C=O) groups is 1. The SMILES string of the molecule is O=C(Cc1ccc(O)cc1)Nc1nc(Cl)ccc1[N+](=O)[O-]. The number of carbonyl (C=O) groups excluding carboxylic acids is 1. The van der Waals surface area contributed by atoms with Gasteiger partial charge in [-0.2, -0.15) is 0 Å². The fourth-order valence-electron chi connectivity index (χ4n) is 1.64. The summed E-state index contributed by atoms with van der Waals surface area (Å²) in [5.41, 5.74) is 0.313. The molecule has 21 heavy (non-hydrogen) atoms. The van der Waals surface area contributed by atoms with Crippen LogP contribution < -0.4 is 5.32 Å². The monoisotopic (exact) mass is 307 g/mol. The molecule has 1 amide bonds. The first-order chi connectivity index (χ1) is 9.95. The first kappa shape index (κ1) is 14.7. The van der Waals surface area contributed by atoms with Crippen molar-refractivity contribution in [1.29, 1.82) is 0 Å². The van der Waals surface area contributed by atoms with Crippen LogP contribution in [-0.2, 0) is 11.2 Å². The molecular weight excluding hydrogens is 298 g/mol. The van der Waals surface area contributed by atoms with E-state index >= 15 is 0 Å². The zero-order valence-electron chi connectivity index (χ0n) is 10.6. The van der Waals surface area contributed by atoms with E-state index in [1.807, 2.05) is 0 Å². The summed E-state index contributed by atoms with van der Waals surface area (Å²) in [5.74, 6) is -0.582. The second kappa shape index (κ2) is 6.19. The number of pyridine rings is 1. The Morgan fingerprint density at radius 1 is 1.29 bits per heavy atom. The van der Waals surface area contributed by atoms with E-state index in [1.54, 1.807) is 12.1 Å². The second-order valence-electron chi connectivity index (χ2n) is 4.15. The standard InChI is InChI=1S/C13H10ClN3O4/c14-11-6-5-10(17(20)21)13(15-11)16-12(19)7-8-1-3-9(18)4-2-8/h1-6,18H,7H2,(H,15,16,19). The molecule has 1 aromatic heterocycles. The average molecular weight is 308 g/mol. The number of benzene rings is 1. The van der Waals surface area contributed by atoms with Gasteiger partial charge in [0.2, 0.25) is 11.7 Å². The molecule has 0 atom stereocenters. The van der Waals surface area contributed by atoms with E-state index in [0.29, 0.717) is 5.56 Å². The molecule has 2 N–H and O–H groups in total. The van der Waals surface area contributed by atoms with Gasteiger partial charge in [-0.05, 0) is 23.8 Å². The highest BCUT2D eigenvalue weighted by atomic mass is 35.5. The van der Waals surface area contributed by atoms with Crippen LogP contribution in [0.3, 0.4) is 0 Å². The molecule has 0 bridgehead atoms. The fraction of sp³-hybridized carbons (Fsp3) is 0.0769. The van der Waals surface area contributed by atoms with Gasteiger partial charge in [0.25, 0.3) is 0 Å². The van der Waals surface area contributed by atoms with Crippen molar-refractivity contribution in [2.24, 2.45) is 0 Å². The molecule has 8 heteroatoms. The number of hydrogen-bond donors (Lipinski definition) is 2. The van der Waals surface area contributed by atoms with Gasteiger partial charge in [0, 0.05) is 6.07 Å². The first-order valence-corrected chi connectivity index (χ1v) is 6.22. The first-order valence-electron chi connectivity index (χ1n) is 5.84. The second-order valence-corrected chi connectivity index (χ2v) is 4.54. The molecule has 108 valence electrons. The van der Waals surface area contributed by atoms with Crippen LogP contribution in [0.1, 0.15) is 5.56 Å². The third-order valence-electron chi connectivity index (χ3n) is 2.60. The van der Waals surface area contributed by atoms with Crippen LogP contribution in [0.15, 0.2) is 36.4 Å². The molecule has 0 spiro atoms. The molecule has 1 heterocycles. The molecule has 0 aliphatic carbocycles. The van der Waals surface area contributed by atoms with Gasteiger partial charge in [-0.3, -0.25) is 14.9 Å². The number of nitro groups is 1. The molecule has 0 radical (unpaired) electrons. The quantitative estimate of drug-likeness (QED) is 0.513. The summed E-state index contributed by atoms with van der Waals surface area (Å²) in [6.45, 7) is 0. The minimum Gasteiger partial charge on any atom is -0.508 e. The Bertz CT molecular complexity index is 688. The number of aromatic nitrogens is 1. The van der Waals surface area contributed by atoms with Gasteiger partial charge in [-0.25, -0.2) is 4.98 Å². The number of phenolic OH excluding ortho intramolecular Hbond substituents is 1. The van der Waals surface area contributed by atoms with Gasteiger partial charge in [-0.15, -0.1) is 0 Å². The van der Waals surface area contributed by atoms with Crippen LogP contribution in [0.4, 0.5) is 11.5 Å². The minimum atomic E-state index is -0.653. The highest BCUT2D eigenvalue weighted by Crippen LogP contribution is 2.24. The van der Waals surface area contributed by atoms with E-state index < -0.39 is 10.8 Å². The number of halogens is 1. The largest absolute Gasteiger partial charge is 0.508 e. The van der Waals surface area contributed by atoms with E-state index in [9.17, 15) is 14.9 Å². The topological polar surface area (TPSA) is 105 Å². The predicted molar refractivity (Wildman–Crippen MR) is 76.3 cm³/mol. The molecule has 7 nitrogen and oxygen atoms in total. The van der Waals surface area contributed by atoms with Gasteiger partial charge in [-0.1, -0.05) is 23.7 Å². The Morgan fingerprint density at radius 3 is 2.57 bits per heavy atom. The maximum absolute atomic E-state index is 11.9. The smallest absolute Gasteiger partial charge is 0.311 e. The summed E-state index contributed by atoms with van der Waals surface area (Å²) in [6, 6.07) is 8.50. The van der Waals surface area contributed by atoms with Crippen LogP contribution in [0.25, 0.3) is 0 Å². The van der Waals surface area contributed by atoms with E-state index in [-0.39, 0.29) is 28.8 Å². The molecular formula is C13H10ClN3O4. The predicted octanol–water partition coefficient (Wildman–Crippen LogP) is 2.53. The summed E-state index contributed by atoms with van der Waals surface area (Å²) >= 11 is 5.67. The van der Waals surface area contributed by atoms with Crippen molar-refractivity contribution in [3.8, 4) is 5.75 Å². The average Bonchev–Trinajstić information content (AvgIpc) is 2.41. The van der Waals surface area contributed by atoms with E-state index in [0.717, 1.165) is 0 Å².